The number of carbonyl (C=O) groups is 1. The predicted molar refractivity (Wildman–Crippen MR) is 59.5 cm³/mol. The van der Waals surface area contributed by atoms with Gasteiger partial charge in [-0.3, -0.25) is 10.2 Å². The van der Waals surface area contributed by atoms with Crippen LogP contribution in [0, 0.1) is 0 Å². The molecule has 1 aromatic heterocycles. The Labute approximate surface area is 92.8 Å². The number of hydrazine groups is 1. The maximum absolute atomic E-state index is 11.3. The van der Waals surface area contributed by atoms with Gasteiger partial charge < -0.3 is 0 Å². The van der Waals surface area contributed by atoms with Crippen LogP contribution in [0.5, 0.6) is 0 Å². The summed E-state index contributed by atoms with van der Waals surface area (Å²) in [5, 5.41) is 0.597. The second kappa shape index (κ2) is 5.67. The number of thioether (sulfide) groups is 1. The largest absolute Gasteiger partial charge is 0.289 e. The first-order chi connectivity index (χ1) is 7.21. The lowest BCUT2D eigenvalue weighted by Crippen LogP contribution is -2.31. The molecule has 5 nitrogen and oxygen atoms in total. The maximum Gasteiger partial charge on any atom is 0.283 e. The van der Waals surface area contributed by atoms with Gasteiger partial charge >= 0.3 is 0 Å². The fourth-order valence-electron chi connectivity index (χ4n) is 1.14. The second-order valence-electron chi connectivity index (χ2n) is 2.95. The van der Waals surface area contributed by atoms with E-state index in [1.54, 1.807) is 6.07 Å². The minimum atomic E-state index is -0.384. The molecular weight excluding hydrogens is 212 g/mol. The smallest absolute Gasteiger partial charge is 0.283 e. The van der Waals surface area contributed by atoms with E-state index in [0.29, 0.717) is 10.9 Å². The van der Waals surface area contributed by atoms with Crippen molar-refractivity contribution >= 4 is 17.7 Å². The fourth-order valence-corrected chi connectivity index (χ4v) is 1.54. The van der Waals surface area contributed by atoms with E-state index in [2.05, 4.69) is 22.3 Å². The fraction of sp³-hybridized carbons (Fsp3) is 0.444. The van der Waals surface area contributed by atoms with Crippen molar-refractivity contribution in [3.8, 4) is 0 Å². The van der Waals surface area contributed by atoms with Crippen molar-refractivity contribution < 1.29 is 4.79 Å². The van der Waals surface area contributed by atoms with Crippen molar-refractivity contribution in [2.75, 3.05) is 6.26 Å². The molecule has 3 N–H and O–H groups in total. The number of nitrogen functional groups attached to an aromatic ring is 1. The van der Waals surface area contributed by atoms with Gasteiger partial charge in [-0.25, -0.2) is 15.8 Å². The lowest BCUT2D eigenvalue weighted by atomic mass is 10.2. The van der Waals surface area contributed by atoms with Gasteiger partial charge in [0.05, 0.1) is 0 Å². The highest BCUT2D eigenvalue weighted by Crippen LogP contribution is 2.12. The number of rotatable bonds is 4. The Hall–Kier alpha value is -1.14. The summed E-state index contributed by atoms with van der Waals surface area (Å²) >= 11 is 1.41. The Bertz CT molecular complexity index is 356. The van der Waals surface area contributed by atoms with Crippen LogP contribution in [0.3, 0.4) is 0 Å². The van der Waals surface area contributed by atoms with Crippen molar-refractivity contribution in [1.29, 1.82) is 0 Å². The molecule has 0 aromatic carbocycles. The number of aromatic nitrogens is 2. The van der Waals surface area contributed by atoms with E-state index in [1.165, 1.54) is 11.8 Å². The zero-order valence-electron chi connectivity index (χ0n) is 8.78. The van der Waals surface area contributed by atoms with Crippen LogP contribution in [-0.2, 0) is 6.42 Å². The van der Waals surface area contributed by atoms with Crippen molar-refractivity contribution in [3.05, 3.63) is 17.5 Å². The highest BCUT2D eigenvalue weighted by atomic mass is 32.2. The molecule has 0 spiro atoms. The zero-order chi connectivity index (χ0) is 11.3. The van der Waals surface area contributed by atoms with E-state index in [9.17, 15) is 4.79 Å². The van der Waals surface area contributed by atoms with Gasteiger partial charge in [0.1, 0.15) is 5.69 Å². The van der Waals surface area contributed by atoms with Crippen molar-refractivity contribution in [1.82, 2.24) is 15.4 Å². The van der Waals surface area contributed by atoms with Crippen molar-refractivity contribution in [3.63, 3.8) is 0 Å². The lowest BCUT2D eigenvalue weighted by Gasteiger charge is -2.04. The van der Waals surface area contributed by atoms with Crippen molar-refractivity contribution in [2.24, 2.45) is 5.84 Å². The molecule has 1 amide bonds. The van der Waals surface area contributed by atoms with Gasteiger partial charge in [0.2, 0.25) is 0 Å². The van der Waals surface area contributed by atoms with E-state index >= 15 is 0 Å². The minimum absolute atomic E-state index is 0.320. The highest BCUT2D eigenvalue weighted by molar-refractivity contribution is 7.98. The monoisotopic (exact) mass is 226 g/mol. The Morgan fingerprint density at radius 3 is 2.87 bits per heavy atom. The number of nitrogens with two attached hydrogens (primary N) is 1. The van der Waals surface area contributed by atoms with E-state index < -0.39 is 0 Å². The Morgan fingerprint density at radius 2 is 2.33 bits per heavy atom. The third-order valence-corrected chi connectivity index (χ3v) is 2.36. The Balaban J connectivity index is 3.05. The van der Waals surface area contributed by atoms with Gasteiger partial charge in [-0.1, -0.05) is 25.1 Å². The number of hydrogen-bond donors (Lipinski definition) is 2. The first-order valence-electron chi connectivity index (χ1n) is 4.64. The van der Waals surface area contributed by atoms with E-state index in [0.717, 1.165) is 18.5 Å². The van der Waals surface area contributed by atoms with Gasteiger partial charge in [0, 0.05) is 5.69 Å². The molecule has 0 aliphatic heterocycles. The molecule has 6 heteroatoms. The summed E-state index contributed by atoms with van der Waals surface area (Å²) in [6.07, 6.45) is 3.69. The van der Waals surface area contributed by atoms with Gasteiger partial charge in [-0.2, -0.15) is 0 Å². The van der Waals surface area contributed by atoms with Crippen LogP contribution < -0.4 is 11.3 Å². The lowest BCUT2D eigenvalue weighted by molar-refractivity contribution is 0.0947. The molecule has 0 saturated heterocycles. The van der Waals surface area contributed by atoms with E-state index in [1.807, 2.05) is 6.26 Å². The molecular formula is C9H14N4OS. The highest BCUT2D eigenvalue weighted by Gasteiger charge is 2.09. The zero-order valence-corrected chi connectivity index (χ0v) is 9.60. The van der Waals surface area contributed by atoms with Gasteiger partial charge in [-0.05, 0) is 18.7 Å². The van der Waals surface area contributed by atoms with Crippen LogP contribution in [0.4, 0.5) is 0 Å². The topological polar surface area (TPSA) is 80.9 Å². The number of hydrogen-bond acceptors (Lipinski definition) is 5. The van der Waals surface area contributed by atoms with Crippen LogP contribution in [0.25, 0.3) is 0 Å². The number of nitrogens with one attached hydrogen (secondary N) is 1. The summed E-state index contributed by atoms with van der Waals surface area (Å²) in [5.74, 6) is 4.67. The molecule has 0 atom stereocenters. The standard InChI is InChI=1S/C9H14N4OS/c1-3-4-6-5-7(8(14)13-10)12-9(11-6)15-2/h5H,3-4,10H2,1-2H3,(H,13,14). The Kier molecular flexibility index (Phi) is 4.51. The average molecular weight is 226 g/mol. The normalized spacial score (nSPS) is 10.1. The molecule has 1 aromatic rings. The molecule has 0 saturated carbocycles. The predicted octanol–water partition coefficient (Wildman–Crippen LogP) is 0.755. The number of nitrogens with zero attached hydrogens (tertiary/aromatic N) is 2. The Morgan fingerprint density at radius 1 is 1.60 bits per heavy atom. The summed E-state index contributed by atoms with van der Waals surface area (Å²) < 4.78 is 0. The first-order valence-corrected chi connectivity index (χ1v) is 5.86. The summed E-state index contributed by atoms with van der Waals surface area (Å²) in [7, 11) is 0. The molecule has 0 bridgehead atoms. The summed E-state index contributed by atoms with van der Waals surface area (Å²) in [6, 6.07) is 1.67. The van der Waals surface area contributed by atoms with Crippen LogP contribution >= 0.6 is 11.8 Å². The van der Waals surface area contributed by atoms with Crippen LogP contribution in [-0.4, -0.2) is 22.1 Å². The summed E-state index contributed by atoms with van der Waals surface area (Å²) in [6.45, 7) is 2.06. The molecule has 1 rings (SSSR count). The SMILES string of the molecule is CCCc1cc(C(=O)NN)nc(SC)n1. The molecule has 0 radical (unpaired) electrons. The molecule has 1 heterocycles. The van der Waals surface area contributed by atoms with Crippen molar-refractivity contribution in [2.45, 2.75) is 24.9 Å². The number of aryl methyl sites for hydroxylation is 1. The molecule has 82 valence electrons. The first kappa shape index (κ1) is 11.9. The van der Waals surface area contributed by atoms with Gasteiger partial charge in [-0.15, -0.1) is 0 Å². The third-order valence-electron chi connectivity index (χ3n) is 1.81. The van der Waals surface area contributed by atoms with Crippen LogP contribution in [0.2, 0.25) is 0 Å². The maximum atomic E-state index is 11.3. The quantitative estimate of drug-likeness (QED) is 0.260. The molecule has 0 aliphatic carbocycles. The van der Waals surface area contributed by atoms with E-state index in [-0.39, 0.29) is 5.91 Å². The molecule has 0 unspecified atom stereocenters. The molecule has 0 fully saturated rings. The summed E-state index contributed by atoms with van der Waals surface area (Å²) in [5.41, 5.74) is 3.25. The number of amides is 1. The van der Waals surface area contributed by atoms with Crippen LogP contribution in [0.15, 0.2) is 11.2 Å². The average Bonchev–Trinajstić information content (AvgIpc) is 2.28. The third kappa shape index (κ3) is 3.17. The minimum Gasteiger partial charge on any atom is -0.289 e. The number of carbonyl (C=O) groups excluding carboxylic acids is 1. The van der Waals surface area contributed by atoms with E-state index in [4.69, 9.17) is 5.84 Å². The summed E-state index contributed by atoms with van der Waals surface area (Å²) in [4.78, 5) is 19.7. The van der Waals surface area contributed by atoms with Gasteiger partial charge in [0.25, 0.3) is 5.91 Å². The van der Waals surface area contributed by atoms with Gasteiger partial charge in [0.15, 0.2) is 5.16 Å². The molecule has 15 heavy (non-hydrogen) atoms. The molecule has 0 aliphatic rings. The van der Waals surface area contributed by atoms with Crippen LogP contribution in [0.1, 0.15) is 29.5 Å². The second-order valence-corrected chi connectivity index (χ2v) is 3.73.